The van der Waals surface area contributed by atoms with Crippen LogP contribution in [0.4, 0.5) is 4.39 Å². The summed E-state index contributed by atoms with van der Waals surface area (Å²) in [7, 11) is 0. The van der Waals surface area contributed by atoms with Gasteiger partial charge in [0.25, 0.3) is 5.91 Å². The van der Waals surface area contributed by atoms with Gasteiger partial charge in [0.2, 0.25) is 0 Å². The maximum absolute atomic E-state index is 13.1. The lowest BCUT2D eigenvalue weighted by Gasteiger charge is -2.41. The third kappa shape index (κ3) is 4.48. The smallest absolute Gasteiger partial charge is 0.259 e. The number of aliphatic hydroxyl groups is 1. The molecular formula is C21H26FN3O3. The minimum atomic E-state index is -0.275. The van der Waals surface area contributed by atoms with E-state index in [0.29, 0.717) is 38.3 Å². The number of hydrogen-bond acceptors (Lipinski definition) is 4. The maximum atomic E-state index is 13.1. The van der Waals surface area contributed by atoms with Crippen molar-refractivity contribution >= 4 is 5.91 Å². The van der Waals surface area contributed by atoms with Crippen molar-refractivity contribution in [2.45, 2.75) is 32.9 Å². The van der Waals surface area contributed by atoms with Crippen molar-refractivity contribution in [2.75, 3.05) is 26.2 Å². The van der Waals surface area contributed by atoms with E-state index in [1.807, 2.05) is 0 Å². The number of aliphatic hydroxyl groups excluding tert-OH is 1. The number of piperazine rings is 1. The molecule has 28 heavy (non-hydrogen) atoms. The number of aromatic nitrogens is 1. The van der Waals surface area contributed by atoms with E-state index in [2.05, 4.69) is 9.88 Å². The molecule has 0 spiro atoms. The van der Waals surface area contributed by atoms with Crippen LogP contribution in [-0.2, 0) is 6.54 Å². The number of hydrogen-bond donors (Lipinski definition) is 2. The minimum Gasteiger partial charge on any atom is -0.396 e. The summed E-state index contributed by atoms with van der Waals surface area (Å²) in [5.41, 5.74) is 2.19. The van der Waals surface area contributed by atoms with Gasteiger partial charge in [-0.25, -0.2) is 4.39 Å². The van der Waals surface area contributed by atoms with E-state index >= 15 is 0 Å². The van der Waals surface area contributed by atoms with E-state index in [4.69, 9.17) is 0 Å². The van der Waals surface area contributed by atoms with Gasteiger partial charge in [0.1, 0.15) is 11.4 Å². The predicted molar refractivity (Wildman–Crippen MR) is 105 cm³/mol. The molecule has 0 unspecified atom stereocenters. The van der Waals surface area contributed by atoms with Gasteiger partial charge in [0, 0.05) is 56.3 Å². The third-order valence-corrected chi connectivity index (χ3v) is 5.22. The second-order valence-electron chi connectivity index (χ2n) is 7.33. The minimum absolute atomic E-state index is 0.0107. The van der Waals surface area contributed by atoms with E-state index < -0.39 is 0 Å². The molecule has 1 aromatic heterocycles. The Morgan fingerprint density at radius 3 is 2.61 bits per heavy atom. The molecule has 0 bridgehead atoms. The van der Waals surface area contributed by atoms with Gasteiger partial charge >= 0.3 is 0 Å². The molecule has 2 aromatic rings. The molecule has 1 fully saturated rings. The zero-order valence-electron chi connectivity index (χ0n) is 16.2. The van der Waals surface area contributed by atoms with E-state index in [1.54, 1.807) is 30.9 Å². The number of carbonyl (C=O) groups excluding carboxylic acids is 1. The van der Waals surface area contributed by atoms with Crippen LogP contribution in [0.2, 0.25) is 0 Å². The monoisotopic (exact) mass is 387 g/mol. The fourth-order valence-electron chi connectivity index (χ4n) is 3.80. The number of aryl methyl sites for hydroxylation is 2. The highest BCUT2D eigenvalue weighted by Gasteiger charge is 2.31. The number of benzene rings is 1. The number of pyridine rings is 1. The summed E-state index contributed by atoms with van der Waals surface area (Å²) < 4.78 is 13.1. The number of carbonyl (C=O) groups is 1. The Morgan fingerprint density at radius 2 is 1.96 bits per heavy atom. The van der Waals surface area contributed by atoms with Gasteiger partial charge in [-0.1, -0.05) is 12.1 Å². The molecule has 1 aliphatic rings. The van der Waals surface area contributed by atoms with Gasteiger partial charge in [0.05, 0.1) is 0 Å². The van der Waals surface area contributed by atoms with Gasteiger partial charge < -0.3 is 15.0 Å². The highest BCUT2D eigenvalue weighted by atomic mass is 19.1. The largest absolute Gasteiger partial charge is 0.396 e. The van der Waals surface area contributed by atoms with Crippen LogP contribution < -0.4 is 5.43 Å². The number of halogens is 1. The van der Waals surface area contributed by atoms with E-state index in [-0.39, 0.29) is 35.4 Å². The maximum Gasteiger partial charge on any atom is 0.259 e. The molecule has 0 aliphatic carbocycles. The van der Waals surface area contributed by atoms with E-state index in [1.165, 1.54) is 18.2 Å². The highest BCUT2D eigenvalue weighted by molar-refractivity contribution is 5.95. The lowest BCUT2D eigenvalue weighted by atomic mass is 10.0. The molecule has 3 rings (SSSR count). The Morgan fingerprint density at radius 1 is 1.25 bits per heavy atom. The summed E-state index contributed by atoms with van der Waals surface area (Å²) in [6, 6.07) is 7.77. The van der Waals surface area contributed by atoms with Crippen molar-refractivity contribution in [3.63, 3.8) is 0 Å². The molecule has 150 valence electrons. The zero-order chi connectivity index (χ0) is 20.3. The number of nitrogens with zero attached hydrogens (tertiary/aromatic N) is 2. The van der Waals surface area contributed by atoms with Gasteiger partial charge in [-0.3, -0.25) is 14.5 Å². The topological polar surface area (TPSA) is 76.6 Å². The lowest BCUT2D eigenvalue weighted by molar-refractivity contribution is 0.0393. The Kier molecular flexibility index (Phi) is 6.26. The van der Waals surface area contributed by atoms with Crippen LogP contribution in [-0.4, -0.2) is 58.1 Å². The molecule has 2 heterocycles. The molecule has 0 radical (unpaired) electrons. The zero-order valence-corrected chi connectivity index (χ0v) is 16.2. The van der Waals surface area contributed by atoms with Crippen molar-refractivity contribution in [3.05, 3.63) is 68.9 Å². The van der Waals surface area contributed by atoms with Gasteiger partial charge in [-0.2, -0.15) is 0 Å². The van der Waals surface area contributed by atoms with Crippen LogP contribution in [0.5, 0.6) is 0 Å². The van der Waals surface area contributed by atoms with Crippen LogP contribution in [0.25, 0.3) is 0 Å². The van der Waals surface area contributed by atoms with Crippen molar-refractivity contribution in [3.8, 4) is 0 Å². The second kappa shape index (κ2) is 8.67. The second-order valence-corrected chi connectivity index (χ2v) is 7.33. The molecule has 1 aromatic carbocycles. The molecule has 1 amide bonds. The number of H-pyrrole nitrogens is 1. The predicted octanol–water partition coefficient (Wildman–Crippen LogP) is 1.84. The first-order valence-electron chi connectivity index (χ1n) is 9.48. The van der Waals surface area contributed by atoms with Gasteiger partial charge in [-0.15, -0.1) is 0 Å². The van der Waals surface area contributed by atoms with Crippen LogP contribution in [0.3, 0.4) is 0 Å². The molecule has 1 atom stereocenters. The van der Waals surface area contributed by atoms with Crippen LogP contribution >= 0.6 is 0 Å². The third-order valence-electron chi connectivity index (χ3n) is 5.22. The standard InChI is InChI=1S/C21H26FN3O3/c1-14-11-19(27)20(15(2)23-14)21(28)25-9-8-24(18(13-25)7-10-26)12-16-3-5-17(22)6-4-16/h3-6,11,18,26H,7-10,12-13H2,1-2H3,(H,23,27)/t18-/m0/s1. The van der Waals surface area contributed by atoms with E-state index in [9.17, 15) is 19.1 Å². The number of rotatable bonds is 5. The van der Waals surface area contributed by atoms with E-state index in [0.717, 1.165) is 11.3 Å². The number of aromatic amines is 1. The van der Waals surface area contributed by atoms with Crippen molar-refractivity contribution in [1.82, 2.24) is 14.8 Å². The van der Waals surface area contributed by atoms with Crippen molar-refractivity contribution < 1.29 is 14.3 Å². The first-order chi connectivity index (χ1) is 13.4. The Hall–Kier alpha value is -2.51. The average Bonchev–Trinajstić information content (AvgIpc) is 2.64. The molecule has 0 saturated carbocycles. The molecule has 2 N–H and O–H groups in total. The quantitative estimate of drug-likeness (QED) is 0.821. The molecule has 1 saturated heterocycles. The Bertz CT molecular complexity index is 895. The summed E-state index contributed by atoms with van der Waals surface area (Å²) in [6.07, 6.45) is 0.522. The van der Waals surface area contributed by atoms with Crippen molar-refractivity contribution in [2.24, 2.45) is 0 Å². The summed E-state index contributed by atoms with van der Waals surface area (Å²) in [4.78, 5) is 32.3. The van der Waals surface area contributed by atoms with Crippen molar-refractivity contribution in [1.29, 1.82) is 0 Å². The molecule has 7 heteroatoms. The first kappa shape index (κ1) is 20.2. The molecular weight excluding hydrogens is 361 g/mol. The molecule has 6 nitrogen and oxygen atoms in total. The highest BCUT2D eigenvalue weighted by Crippen LogP contribution is 2.19. The molecule has 1 aliphatic heterocycles. The lowest BCUT2D eigenvalue weighted by Crippen LogP contribution is -2.55. The van der Waals surface area contributed by atoms with Gasteiger partial charge in [-0.05, 0) is 38.0 Å². The summed E-state index contributed by atoms with van der Waals surface area (Å²) in [5, 5.41) is 9.46. The fourth-order valence-corrected chi connectivity index (χ4v) is 3.80. The Balaban J connectivity index is 1.75. The van der Waals surface area contributed by atoms with Crippen LogP contribution in [0.1, 0.15) is 33.7 Å². The fraction of sp³-hybridized carbons (Fsp3) is 0.429. The van der Waals surface area contributed by atoms with Crippen LogP contribution in [0, 0.1) is 19.7 Å². The SMILES string of the molecule is Cc1cc(=O)c(C(=O)N2CCN(Cc3ccc(F)cc3)[C@@H](CCO)C2)c(C)[nH]1. The normalized spacial score (nSPS) is 17.7. The summed E-state index contributed by atoms with van der Waals surface area (Å²) in [5.74, 6) is -0.548. The summed E-state index contributed by atoms with van der Waals surface area (Å²) >= 11 is 0. The number of nitrogens with one attached hydrogen (secondary N) is 1. The average molecular weight is 387 g/mol. The number of amides is 1. The van der Waals surface area contributed by atoms with Gasteiger partial charge in [0.15, 0.2) is 5.43 Å². The van der Waals surface area contributed by atoms with Crippen LogP contribution in [0.15, 0.2) is 35.1 Å². The summed E-state index contributed by atoms with van der Waals surface area (Å²) in [6.45, 7) is 5.71. The Labute approximate surface area is 163 Å². The first-order valence-corrected chi connectivity index (χ1v) is 9.48.